The van der Waals surface area contributed by atoms with E-state index < -0.39 is 0 Å². The van der Waals surface area contributed by atoms with Crippen molar-refractivity contribution in [3.63, 3.8) is 0 Å². The maximum atomic E-state index is 9.00. The normalized spacial score (nSPS) is 14.8. The highest BCUT2D eigenvalue weighted by atomic mass is 16.5. The van der Waals surface area contributed by atoms with Crippen LogP contribution >= 0.6 is 0 Å². The van der Waals surface area contributed by atoms with Gasteiger partial charge in [0, 0.05) is 24.5 Å². The first kappa shape index (κ1) is 13.8. The standard InChI is InChI=1S/C18H16N4O/c19-12-14-4-5-18-17(10-14)20-13-22(18)16-3-1-2-15(11-16)21-6-8-23-9-7-21/h1-5,10-11,13H,6-9H2. The molecule has 5 heteroatoms. The summed E-state index contributed by atoms with van der Waals surface area (Å²) in [5, 5.41) is 9.00. The van der Waals surface area contributed by atoms with Crippen LogP contribution in [0.25, 0.3) is 16.7 Å². The number of nitrogens with zero attached hydrogens (tertiary/aromatic N) is 4. The summed E-state index contributed by atoms with van der Waals surface area (Å²) in [6.45, 7) is 3.38. The third-order valence-electron chi connectivity index (χ3n) is 4.16. The number of anilines is 1. The van der Waals surface area contributed by atoms with Gasteiger partial charge >= 0.3 is 0 Å². The van der Waals surface area contributed by atoms with E-state index >= 15 is 0 Å². The number of imidazole rings is 1. The Hall–Kier alpha value is -2.84. The minimum atomic E-state index is 0.629. The molecule has 4 rings (SSSR count). The fraction of sp³-hybridized carbons (Fsp3) is 0.222. The molecule has 0 atom stereocenters. The molecule has 2 heterocycles. The minimum Gasteiger partial charge on any atom is -0.378 e. The van der Waals surface area contributed by atoms with E-state index in [4.69, 9.17) is 10.00 Å². The molecule has 2 aromatic carbocycles. The fourth-order valence-electron chi connectivity index (χ4n) is 2.95. The van der Waals surface area contributed by atoms with Crippen LogP contribution in [0.4, 0.5) is 5.69 Å². The van der Waals surface area contributed by atoms with E-state index in [2.05, 4.69) is 44.8 Å². The molecule has 1 saturated heterocycles. The van der Waals surface area contributed by atoms with Gasteiger partial charge in [-0.15, -0.1) is 0 Å². The van der Waals surface area contributed by atoms with Gasteiger partial charge in [-0.25, -0.2) is 4.98 Å². The van der Waals surface area contributed by atoms with Gasteiger partial charge in [0.2, 0.25) is 0 Å². The van der Waals surface area contributed by atoms with Crippen LogP contribution in [0, 0.1) is 11.3 Å². The van der Waals surface area contributed by atoms with E-state index in [9.17, 15) is 0 Å². The number of aromatic nitrogens is 2. The summed E-state index contributed by atoms with van der Waals surface area (Å²) < 4.78 is 7.48. The second kappa shape index (κ2) is 5.75. The average molecular weight is 304 g/mol. The van der Waals surface area contributed by atoms with Crippen molar-refractivity contribution in [1.29, 1.82) is 5.26 Å². The second-order valence-electron chi connectivity index (χ2n) is 5.55. The van der Waals surface area contributed by atoms with Crippen molar-refractivity contribution in [3.8, 4) is 11.8 Å². The lowest BCUT2D eigenvalue weighted by atomic mass is 10.2. The first-order chi connectivity index (χ1) is 11.3. The van der Waals surface area contributed by atoms with E-state index in [0.29, 0.717) is 5.56 Å². The zero-order chi connectivity index (χ0) is 15.6. The van der Waals surface area contributed by atoms with Gasteiger partial charge in [-0.3, -0.25) is 4.57 Å². The Kier molecular flexibility index (Phi) is 3.45. The molecule has 1 aromatic heterocycles. The smallest absolute Gasteiger partial charge is 0.100 e. The highest BCUT2D eigenvalue weighted by molar-refractivity contribution is 5.79. The summed E-state index contributed by atoms with van der Waals surface area (Å²) in [6, 6.07) is 16.2. The van der Waals surface area contributed by atoms with Crippen LogP contribution in [0.2, 0.25) is 0 Å². The van der Waals surface area contributed by atoms with Crippen LogP contribution < -0.4 is 4.90 Å². The number of rotatable bonds is 2. The van der Waals surface area contributed by atoms with Crippen LogP contribution in [0.5, 0.6) is 0 Å². The van der Waals surface area contributed by atoms with Crippen LogP contribution in [-0.2, 0) is 4.74 Å². The first-order valence-corrected chi connectivity index (χ1v) is 7.65. The predicted molar refractivity (Wildman–Crippen MR) is 88.8 cm³/mol. The number of benzene rings is 2. The molecule has 0 unspecified atom stereocenters. The molecule has 0 N–H and O–H groups in total. The Labute approximate surface area is 134 Å². The third kappa shape index (κ3) is 2.54. The molecule has 0 saturated carbocycles. The summed E-state index contributed by atoms with van der Waals surface area (Å²) in [6.07, 6.45) is 1.81. The minimum absolute atomic E-state index is 0.629. The quantitative estimate of drug-likeness (QED) is 0.730. The van der Waals surface area contributed by atoms with Gasteiger partial charge in [0.15, 0.2) is 0 Å². The van der Waals surface area contributed by atoms with Crippen molar-refractivity contribution in [1.82, 2.24) is 9.55 Å². The predicted octanol–water partition coefficient (Wildman–Crippen LogP) is 2.73. The number of hydrogen-bond acceptors (Lipinski definition) is 4. The number of nitriles is 1. The van der Waals surface area contributed by atoms with Crippen molar-refractivity contribution < 1.29 is 4.74 Å². The summed E-state index contributed by atoms with van der Waals surface area (Å²) >= 11 is 0. The Bertz CT molecular complexity index is 887. The van der Waals surface area contributed by atoms with Crippen LogP contribution in [0.3, 0.4) is 0 Å². The molecule has 0 bridgehead atoms. The lowest BCUT2D eigenvalue weighted by molar-refractivity contribution is 0.122. The Balaban J connectivity index is 1.74. The highest BCUT2D eigenvalue weighted by Crippen LogP contribution is 2.23. The zero-order valence-corrected chi connectivity index (χ0v) is 12.6. The van der Waals surface area contributed by atoms with E-state index in [1.807, 2.05) is 24.5 Å². The molecular formula is C18H16N4O. The van der Waals surface area contributed by atoms with E-state index in [1.54, 1.807) is 0 Å². The number of fused-ring (bicyclic) bond motifs is 1. The molecule has 0 aliphatic carbocycles. The summed E-state index contributed by atoms with van der Waals surface area (Å²) in [4.78, 5) is 6.76. The third-order valence-corrected chi connectivity index (χ3v) is 4.16. The van der Waals surface area contributed by atoms with Gasteiger partial charge in [-0.1, -0.05) is 6.07 Å². The van der Waals surface area contributed by atoms with E-state index in [1.165, 1.54) is 5.69 Å². The molecule has 5 nitrogen and oxygen atoms in total. The number of ether oxygens (including phenoxy) is 1. The molecule has 114 valence electrons. The van der Waals surface area contributed by atoms with Crippen molar-refractivity contribution >= 4 is 16.7 Å². The Morgan fingerprint density at radius 3 is 2.70 bits per heavy atom. The number of hydrogen-bond donors (Lipinski definition) is 0. The molecular weight excluding hydrogens is 288 g/mol. The number of morpholine rings is 1. The van der Waals surface area contributed by atoms with E-state index in [-0.39, 0.29) is 0 Å². The van der Waals surface area contributed by atoms with Crippen molar-refractivity contribution in [2.45, 2.75) is 0 Å². The molecule has 3 aromatic rings. The maximum Gasteiger partial charge on any atom is 0.100 e. The van der Waals surface area contributed by atoms with Gasteiger partial charge < -0.3 is 9.64 Å². The molecule has 1 aliphatic rings. The van der Waals surface area contributed by atoms with Crippen LogP contribution in [0.1, 0.15) is 5.56 Å². The Morgan fingerprint density at radius 1 is 1.04 bits per heavy atom. The zero-order valence-electron chi connectivity index (χ0n) is 12.6. The summed E-state index contributed by atoms with van der Waals surface area (Å²) in [7, 11) is 0. The first-order valence-electron chi connectivity index (χ1n) is 7.65. The highest BCUT2D eigenvalue weighted by Gasteiger charge is 2.12. The van der Waals surface area contributed by atoms with Gasteiger partial charge in [-0.05, 0) is 36.4 Å². The molecule has 1 aliphatic heterocycles. The maximum absolute atomic E-state index is 9.00. The summed E-state index contributed by atoms with van der Waals surface area (Å²) in [5.41, 5.74) is 4.73. The van der Waals surface area contributed by atoms with Gasteiger partial charge in [0.05, 0.1) is 35.9 Å². The van der Waals surface area contributed by atoms with E-state index in [0.717, 1.165) is 43.0 Å². The monoisotopic (exact) mass is 304 g/mol. The lowest BCUT2D eigenvalue weighted by Gasteiger charge is -2.29. The average Bonchev–Trinajstić information content (AvgIpc) is 3.05. The summed E-state index contributed by atoms with van der Waals surface area (Å²) in [5.74, 6) is 0. The van der Waals surface area contributed by atoms with Crippen molar-refractivity contribution in [2.75, 3.05) is 31.2 Å². The van der Waals surface area contributed by atoms with Gasteiger partial charge in [0.25, 0.3) is 0 Å². The molecule has 0 spiro atoms. The molecule has 23 heavy (non-hydrogen) atoms. The molecule has 0 radical (unpaired) electrons. The lowest BCUT2D eigenvalue weighted by Crippen LogP contribution is -2.36. The SMILES string of the molecule is N#Cc1ccc2c(c1)ncn2-c1cccc(N2CCOCC2)c1. The van der Waals surface area contributed by atoms with Crippen molar-refractivity contribution in [2.24, 2.45) is 0 Å². The molecule has 0 amide bonds. The Morgan fingerprint density at radius 2 is 1.87 bits per heavy atom. The molecule has 1 fully saturated rings. The van der Waals surface area contributed by atoms with Gasteiger partial charge in [0.1, 0.15) is 6.33 Å². The van der Waals surface area contributed by atoms with Crippen LogP contribution in [0.15, 0.2) is 48.8 Å². The van der Waals surface area contributed by atoms with Gasteiger partial charge in [-0.2, -0.15) is 5.26 Å². The van der Waals surface area contributed by atoms with Crippen molar-refractivity contribution in [3.05, 3.63) is 54.4 Å². The van der Waals surface area contributed by atoms with Crippen LogP contribution in [-0.4, -0.2) is 35.9 Å². The topological polar surface area (TPSA) is 54.1 Å². The largest absolute Gasteiger partial charge is 0.378 e. The second-order valence-corrected chi connectivity index (χ2v) is 5.55. The fourth-order valence-corrected chi connectivity index (χ4v) is 2.95.